The summed E-state index contributed by atoms with van der Waals surface area (Å²) in [5.41, 5.74) is 11.1. The lowest BCUT2D eigenvalue weighted by Gasteiger charge is -2.23. The molecule has 190 valence electrons. The third-order valence-electron chi connectivity index (χ3n) is 5.97. The van der Waals surface area contributed by atoms with Crippen LogP contribution in [-0.2, 0) is 17.8 Å². The SMILES string of the molecule is Cc1cc(C)cc(Oc2ccc(CCC(=O)O)c(C(=O)NC(CC(C)C)c3cccc(CN)c3)c2)c1. The van der Waals surface area contributed by atoms with Crippen LogP contribution >= 0.6 is 0 Å². The fourth-order valence-electron chi connectivity index (χ4n) is 4.34. The molecule has 0 aromatic heterocycles. The van der Waals surface area contributed by atoms with Crippen molar-refractivity contribution in [1.29, 1.82) is 0 Å². The van der Waals surface area contributed by atoms with Gasteiger partial charge in [0.2, 0.25) is 0 Å². The van der Waals surface area contributed by atoms with E-state index in [4.69, 9.17) is 10.5 Å². The number of hydrogen-bond donors (Lipinski definition) is 3. The van der Waals surface area contributed by atoms with E-state index < -0.39 is 5.97 Å². The van der Waals surface area contributed by atoms with E-state index in [1.165, 1.54) is 0 Å². The Hall–Kier alpha value is -3.64. The first kappa shape index (κ1) is 27.0. The minimum absolute atomic E-state index is 0.0640. The van der Waals surface area contributed by atoms with Crippen LogP contribution in [0.3, 0.4) is 0 Å². The number of aliphatic carboxylic acids is 1. The van der Waals surface area contributed by atoms with Gasteiger partial charge in [-0.2, -0.15) is 0 Å². The van der Waals surface area contributed by atoms with Gasteiger partial charge in [-0.25, -0.2) is 0 Å². The second-order valence-corrected chi connectivity index (χ2v) is 9.74. The van der Waals surface area contributed by atoms with Gasteiger partial charge in [-0.05, 0) is 84.7 Å². The van der Waals surface area contributed by atoms with Crippen LogP contribution in [0.2, 0.25) is 0 Å². The van der Waals surface area contributed by atoms with Crippen molar-refractivity contribution in [3.63, 3.8) is 0 Å². The number of amides is 1. The first-order valence-corrected chi connectivity index (χ1v) is 12.3. The number of hydrogen-bond acceptors (Lipinski definition) is 4. The molecule has 6 heteroatoms. The molecule has 0 aliphatic rings. The Bertz CT molecular complexity index is 1200. The first-order chi connectivity index (χ1) is 17.1. The van der Waals surface area contributed by atoms with Crippen LogP contribution in [0.25, 0.3) is 0 Å². The third kappa shape index (κ3) is 7.68. The van der Waals surface area contributed by atoms with Gasteiger partial charge in [-0.15, -0.1) is 0 Å². The maximum Gasteiger partial charge on any atom is 0.303 e. The fraction of sp³-hybridized carbons (Fsp3) is 0.333. The van der Waals surface area contributed by atoms with Crippen molar-refractivity contribution >= 4 is 11.9 Å². The number of nitrogens with one attached hydrogen (secondary N) is 1. The van der Waals surface area contributed by atoms with Crippen molar-refractivity contribution in [1.82, 2.24) is 5.32 Å². The van der Waals surface area contributed by atoms with E-state index in [-0.39, 0.29) is 24.8 Å². The molecule has 36 heavy (non-hydrogen) atoms. The lowest BCUT2D eigenvalue weighted by molar-refractivity contribution is -0.136. The highest BCUT2D eigenvalue weighted by Gasteiger charge is 2.21. The Balaban J connectivity index is 1.94. The minimum atomic E-state index is -0.909. The highest BCUT2D eigenvalue weighted by Crippen LogP contribution is 2.28. The van der Waals surface area contributed by atoms with Crippen LogP contribution in [-0.4, -0.2) is 17.0 Å². The summed E-state index contributed by atoms with van der Waals surface area (Å²) in [6.45, 7) is 8.66. The van der Waals surface area contributed by atoms with E-state index in [9.17, 15) is 14.7 Å². The van der Waals surface area contributed by atoms with E-state index >= 15 is 0 Å². The molecule has 0 fully saturated rings. The molecule has 0 bridgehead atoms. The molecule has 3 rings (SSSR count). The molecule has 3 aromatic carbocycles. The summed E-state index contributed by atoms with van der Waals surface area (Å²) in [5, 5.41) is 12.4. The predicted molar refractivity (Wildman–Crippen MR) is 142 cm³/mol. The average molecular weight is 489 g/mol. The summed E-state index contributed by atoms with van der Waals surface area (Å²) in [6, 6.07) is 18.9. The number of carboxylic acid groups (broad SMARTS) is 1. The molecule has 0 radical (unpaired) electrons. The summed E-state index contributed by atoms with van der Waals surface area (Å²) < 4.78 is 6.09. The maximum absolute atomic E-state index is 13.6. The normalized spacial score (nSPS) is 11.8. The van der Waals surface area contributed by atoms with Gasteiger partial charge in [-0.3, -0.25) is 9.59 Å². The fourth-order valence-corrected chi connectivity index (χ4v) is 4.34. The molecule has 3 aromatic rings. The summed E-state index contributed by atoms with van der Waals surface area (Å²) in [5.74, 6) is 0.393. The number of benzene rings is 3. The monoisotopic (exact) mass is 488 g/mol. The molecular weight excluding hydrogens is 452 g/mol. The van der Waals surface area contributed by atoms with Crippen molar-refractivity contribution in [2.45, 2.75) is 59.5 Å². The molecule has 0 aliphatic carbocycles. The standard InChI is InChI=1S/C30H36N2O4/c1-19(2)12-28(24-7-5-6-22(16-24)18-31)32-30(35)27-17-25(10-8-23(27)9-11-29(33)34)36-26-14-20(3)13-21(4)15-26/h5-8,10,13-17,19,28H,9,11-12,18,31H2,1-4H3,(H,32,35)(H,33,34). The predicted octanol–water partition coefficient (Wildman–Crippen LogP) is 6.09. The number of ether oxygens (including phenoxy) is 1. The van der Waals surface area contributed by atoms with Crippen LogP contribution in [0.15, 0.2) is 60.7 Å². The largest absolute Gasteiger partial charge is 0.481 e. The number of carbonyl (C=O) groups excluding carboxylic acids is 1. The molecular formula is C30H36N2O4. The summed E-state index contributed by atoms with van der Waals surface area (Å²) in [7, 11) is 0. The number of nitrogens with two attached hydrogens (primary N) is 1. The third-order valence-corrected chi connectivity index (χ3v) is 5.97. The van der Waals surface area contributed by atoms with E-state index in [0.29, 0.717) is 35.1 Å². The molecule has 4 N–H and O–H groups in total. The van der Waals surface area contributed by atoms with Crippen molar-refractivity contribution in [3.05, 3.63) is 94.0 Å². The summed E-state index contributed by atoms with van der Waals surface area (Å²) >= 11 is 0. The zero-order valence-electron chi connectivity index (χ0n) is 21.5. The topological polar surface area (TPSA) is 102 Å². The number of carbonyl (C=O) groups is 2. The molecule has 0 saturated heterocycles. The minimum Gasteiger partial charge on any atom is -0.481 e. The maximum atomic E-state index is 13.6. The Kier molecular flexibility index (Phi) is 9.25. The lowest BCUT2D eigenvalue weighted by Crippen LogP contribution is -2.30. The van der Waals surface area contributed by atoms with Crippen LogP contribution in [0.5, 0.6) is 11.5 Å². The van der Waals surface area contributed by atoms with Crippen LogP contribution < -0.4 is 15.8 Å². The summed E-state index contributed by atoms with van der Waals surface area (Å²) in [6.07, 6.45) is 0.938. The molecule has 0 aliphatic heterocycles. The Morgan fingerprint density at radius 2 is 1.69 bits per heavy atom. The number of aryl methyl sites for hydroxylation is 3. The van der Waals surface area contributed by atoms with Crippen molar-refractivity contribution in [2.24, 2.45) is 11.7 Å². The van der Waals surface area contributed by atoms with Crippen LogP contribution in [0.1, 0.15) is 70.9 Å². The highest BCUT2D eigenvalue weighted by atomic mass is 16.5. The molecule has 1 unspecified atom stereocenters. The number of rotatable bonds is 11. The van der Waals surface area contributed by atoms with Crippen molar-refractivity contribution < 1.29 is 19.4 Å². The molecule has 6 nitrogen and oxygen atoms in total. The zero-order valence-corrected chi connectivity index (χ0v) is 21.5. The molecule has 0 heterocycles. The Morgan fingerprint density at radius 3 is 2.33 bits per heavy atom. The smallest absolute Gasteiger partial charge is 0.303 e. The van der Waals surface area contributed by atoms with Crippen LogP contribution in [0.4, 0.5) is 0 Å². The zero-order chi connectivity index (χ0) is 26.2. The van der Waals surface area contributed by atoms with E-state index in [0.717, 1.165) is 28.7 Å². The highest BCUT2D eigenvalue weighted by molar-refractivity contribution is 5.96. The lowest BCUT2D eigenvalue weighted by atomic mass is 9.94. The Morgan fingerprint density at radius 1 is 0.972 bits per heavy atom. The van der Waals surface area contributed by atoms with E-state index in [1.807, 2.05) is 50.2 Å². The van der Waals surface area contributed by atoms with E-state index in [2.05, 4.69) is 25.2 Å². The number of carboxylic acids is 1. The summed E-state index contributed by atoms with van der Waals surface area (Å²) in [4.78, 5) is 24.8. The molecule has 0 saturated carbocycles. The first-order valence-electron chi connectivity index (χ1n) is 12.3. The van der Waals surface area contributed by atoms with Crippen molar-refractivity contribution in [2.75, 3.05) is 0 Å². The van der Waals surface area contributed by atoms with Crippen molar-refractivity contribution in [3.8, 4) is 11.5 Å². The second-order valence-electron chi connectivity index (χ2n) is 9.74. The van der Waals surface area contributed by atoms with Gasteiger partial charge in [0.05, 0.1) is 6.04 Å². The molecule has 1 amide bonds. The Labute approximate surface area is 213 Å². The van der Waals surface area contributed by atoms with Gasteiger partial charge in [0.15, 0.2) is 0 Å². The quantitative estimate of drug-likeness (QED) is 0.303. The molecule has 1 atom stereocenters. The van der Waals surface area contributed by atoms with Gasteiger partial charge in [-0.1, -0.05) is 50.2 Å². The van der Waals surface area contributed by atoms with Crippen LogP contribution in [0, 0.1) is 19.8 Å². The van der Waals surface area contributed by atoms with Gasteiger partial charge >= 0.3 is 5.97 Å². The van der Waals surface area contributed by atoms with Gasteiger partial charge in [0.1, 0.15) is 11.5 Å². The van der Waals surface area contributed by atoms with E-state index in [1.54, 1.807) is 18.2 Å². The van der Waals surface area contributed by atoms with Gasteiger partial charge in [0.25, 0.3) is 5.91 Å². The van der Waals surface area contributed by atoms with Gasteiger partial charge < -0.3 is 20.9 Å². The van der Waals surface area contributed by atoms with Gasteiger partial charge in [0, 0.05) is 18.5 Å². The second kappa shape index (κ2) is 12.4. The average Bonchev–Trinajstić information content (AvgIpc) is 2.81. The molecule has 0 spiro atoms.